The van der Waals surface area contributed by atoms with E-state index in [-0.39, 0.29) is 16.3 Å². The lowest BCUT2D eigenvalue weighted by Crippen LogP contribution is -2.44. The number of benzene rings is 1. The van der Waals surface area contributed by atoms with Crippen LogP contribution in [0.3, 0.4) is 0 Å². The fourth-order valence-corrected chi connectivity index (χ4v) is 4.03. The van der Waals surface area contributed by atoms with Gasteiger partial charge in [-0.05, 0) is 34.8 Å². The predicted octanol–water partition coefficient (Wildman–Crippen LogP) is 3.43. The SMILES string of the molecule is [B]c1c(F)ccc2c1ccn2[Si](C)(C)C(C)(C)C. The summed E-state index contributed by atoms with van der Waals surface area (Å²) in [5, 5.41) is 1.04. The number of hydrogen-bond acceptors (Lipinski definition) is 0. The summed E-state index contributed by atoms with van der Waals surface area (Å²) in [5.41, 5.74) is 1.30. The van der Waals surface area contributed by atoms with Crippen molar-refractivity contribution in [2.24, 2.45) is 0 Å². The second-order valence-corrected chi connectivity index (χ2v) is 11.5. The molecule has 0 bridgehead atoms. The van der Waals surface area contributed by atoms with Crippen molar-refractivity contribution in [2.45, 2.75) is 38.9 Å². The largest absolute Gasteiger partial charge is 0.374 e. The van der Waals surface area contributed by atoms with Crippen LogP contribution >= 0.6 is 0 Å². The zero-order valence-corrected chi connectivity index (χ0v) is 12.7. The fourth-order valence-electron chi connectivity index (χ4n) is 2.06. The Hall–Kier alpha value is -1.03. The van der Waals surface area contributed by atoms with Crippen LogP contribution < -0.4 is 5.46 Å². The molecule has 0 saturated heterocycles. The van der Waals surface area contributed by atoms with Gasteiger partial charge >= 0.3 is 0 Å². The number of aromatic nitrogens is 1. The van der Waals surface area contributed by atoms with Gasteiger partial charge in [-0.15, -0.1) is 0 Å². The van der Waals surface area contributed by atoms with E-state index < -0.39 is 8.24 Å². The van der Waals surface area contributed by atoms with Crippen LogP contribution in [-0.4, -0.2) is 20.3 Å². The normalized spacial score (nSPS) is 13.2. The molecule has 0 amide bonds. The summed E-state index contributed by atoms with van der Waals surface area (Å²) in [4.78, 5) is 0. The predicted molar refractivity (Wildman–Crippen MR) is 79.9 cm³/mol. The third-order valence-electron chi connectivity index (χ3n) is 4.30. The highest BCUT2D eigenvalue weighted by atomic mass is 28.3. The maximum atomic E-state index is 13.5. The lowest BCUT2D eigenvalue weighted by atomic mass is 9.92. The first-order valence-corrected chi connectivity index (χ1v) is 9.16. The van der Waals surface area contributed by atoms with Crippen LogP contribution in [-0.2, 0) is 0 Å². The van der Waals surface area contributed by atoms with Crippen molar-refractivity contribution in [1.29, 1.82) is 0 Å². The minimum absolute atomic E-state index is 0.224. The van der Waals surface area contributed by atoms with Gasteiger partial charge in [-0.3, -0.25) is 0 Å². The van der Waals surface area contributed by atoms with Gasteiger partial charge in [-0.25, -0.2) is 4.39 Å². The molecule has 0 fully saturated rings. The molecule has 2 rings (SSSR count). The molecule has 18 heavy (non-hydrogen) atoms. The van der Waals surface area contributed by atoms with Gasteiger partial charge in [-0.2, -0.15) is 0 Å². The Labute approximate surface area is 111 Å². The van der Waals surface area contributed by atoms with Crippen LogP contribution in [0.5, 0.6) is 0 Å². The summed E-state index contributed by atoms with van der Waals surface area (Å²) in [5.74, 6) is -0.338. The zero-order chi connectivity index (χ0) is 13.7. The van der Waals surface area contributed by atoms with Gasteiger partial charge in [0, 0.05) is 5.52 Å². The van der Waals surface area contributed by atoms with E-state index in [4.69, 9.17) is 7.85 Å². The van der Waals surface area contributed by atoms with E-state index in [0.29, 0.717) is 0 Å². The molecule has 0 aliphatic heterocycles. The Morgan fingerprint density at radius 2 is 1.78 bits per heavy atom. The lowest BCUT2D eigenvalue weighted by molar-refractivity contribution is 0.637. The Balaban J connectivity index is 2.72. The van der Waals surface area contributed by atoms with E-state index in [2.05, 4.69) is 44.3 Å². The van der Waals surface area contributed by atoms with E-state index in [1.165, 1.54) is 6.07 Å². The smallest absolute Gasteiger partial charge is 0.161 e. The quantitative estimate of drug-likeness (QED) is 0.691. The van der Waals surface area contributed by atoms with Crippen LogP contribution in [0.4, 0.5) is 4.39 Å². The van der Waals surface area contributed by atoms with Crippen LogP contribution in [0, 0.1) is 5.82 Å². The Bertz CT molecular complexity index is 596. The zero-order valence-electron chi connectivity index (χ0n) is 11.7. The molecule has 0 atom stereocenters. The van der Waals surface area contributed by atoms with Gasteiger partial charge in [-0.1, -0.05) is 39.3 Å². The summed E-state index contributed by atoms with van der Waals surface area (Å²) in [6, 6.07) is 5.22. The molecule has 1 heterocycles. The molecule has 0 aliphatic carbocycles. The average molecular weight is 259 g/mol. The molecule has 0 unspecified atom stereocenters. The molecule has 0 aliphatic rings. The van der Waals surface area contributed by atoms with Gasteiger partial charge in [0.15, 0.2) is 8.24 Å². The molecule has 1 nitrogen and oxygen atoms in total. The summed E-state index contributed by atoms with van der Waals surface area (Å²) < 4.78 is 15.8. The number of hydrogen-bond donors (Lipinski definition) is 0. The van der Waals surface area contributed by atoms with Gasteiger partial charge in [0.1, 0.15) is 13.7 Å². The van der Waals surface area contributed by atoms with Gasteiger partial charge in [0.25, 0.3) is 0 Å². The van der Waals surface area contributed by atoms with E-state index in [9.17, 15) is 4.39 Å². The number of halogens is 1. The summed E-state index contributed by atoms with van der Waals surface area (Å²) >= 11 is 0. The molecule has 1 aromatic carbocycles. The first-order valence-electron chi connectivity index (χ1n) is 6.22. The lowest BCUT2D eigenvalue weighted by Gasteiger charge is -2.38. The van der Waals surface area contributed by atoms with Crippen molar-refractivity contribution in [3.05, 3.63) is 30.2 Å². The molecular weight excluding hydrogens is 240 g/mol. The Morgan fingerprint density at radius 1 is 1.17 bits per heavy atom. The van der Waals surface area contributed by atoms with Crippen LogP contribution in [0.15, 0.2) is 24.4 Å². The van der Waals surface area contributed by atoms with Crippen LogP contribution in [0.1, 0.15) is 20.8 Å². The molecule has 4 heteroatoms. The molecule has 0 N–H and O–H groups in total. The average Bonchev–Trinajstić information content (AvgIpc) is 2.66. The molecular formula is C14H19BFNSi. The van der Waals surface area contributed by atoms with Crippen molar-refractivity contribution >= 4 is 32.4 Å². The van der Waals surface area contributed by atoms with Crippen molar-refractivity contribution in [3.63, 3.8) is 0 Å². The van der Waals surface area contributed by atoms with Crippen molar-refractivity contribution in [1.82, 2.24) is 4.23 Å². The topological polar surface area (TPSA) is 4.93 Å². The molecule has 0 spiro atoms. The van der Waals surface area contributed by atoms with E-state index in [1.54, 1.807) is 0 Å². The fraction of sp³-hybridized carbons (Fsp3) is 0.429. The van der Waals surface area contributed by atoms with Crippen LogP contribution in [0.2, 0.25) is 18.1 Å². The maximum Gasteiger partial charge on any atom is 0.161 e. The minimum atomic E-state index is -1.69. The first-order chi connectivity index (χ1) is 8.16. The first kappa shape index (κ1) is 13.4. The summed E-state index contributed by atoms with van der Waals surface area (Å²) in [7, 11) is 4.12. The maximum absolute atomic E-state index is 13.5. The molecule has 94 valence electrons. The second kappa shape index (κ2) is 3.99. The molecule has 2 aromatic rings. The molecule has 1 aromatic heterocycles. The van der Waals surface area contributed by atoms with Gasteiger partial charge in [0.05, 0.1) is 0 Å². The van der Waals surface area contributed by atoms with Crippen LogP contribution in [0.25, 0.3) is 10.9 Å². The molecule has 0 saturated carbocycles. The van der Waals surface area contributed by atoms with Crippen molar-refractivity contribution in [3.8, 4) is 0 Å². The Kier molecular flexibility index (Phi) is 2.97. The highest BCUT2D eigenvalue weighted by molar-refractivity contribution is 6.79. The number of nitrogens with zero attached hydrogens (tertiary/aromatic N) is 1. The van der Waals surface area contributed by atoms with Crippen molar-refractivity contribution < 1.29 is 4.39 Å². The van der Waals surface area contributed by atoms with Crippen molar-refractivity contribution in [2.75, 3.05) is 0 Å². The molecule has 2 radical (unpaired) electrons. The highest BCUT2D eigenvalue weighted by Gasteiger charge is 2.38. The van der Waals surface area contributed by atoms with E-state index >= 15 is 0 Å². The minimum Gasteiger partial charge on any atom is -0.374 e. The monoisotopic (exact) mass is 259 g/mol. The number of fused-ring (bicyclic) bond motifs is 1. The standard InChI is InChI=1S/C14H19BFNSi/c1-14(2,3)18(4,5)17-9-8-10-12(17)7-6-11(16)13(10)15/h6-9H,1-5H3. The highest BCUT2D eigenvalue weighted by Crippen LogP contribution is 2.38. The van der Waals surface area contributed by atoms with E-state index in [1.807, 2.05) is 12.1 Å². The third kappa shape index (κ3) is 1.83. The number of rotatable bonds is 1. The summed E-state index contributed by atoms with van der Waals surface area (Å²) in [6.45, 7) is 11.4. The van der Waals surface area contributed by atoms with Gasteiger partial charge < -0.3 is 4.23 Å². The second-order valence-electron chi connectivity index (χ2n) is 6.39. The summed E-state index contributed by atoms with van der Waals surface area (Å²) in [6.07, 6.45) is 2.05. The Morgan fingerprint density at radius 3 is 2.33 bits per heavy atom. The van der Waals surface area contributed by atoms with E-state index in [0.717, 1.165) is 10.9 Å². The van der Waals surface area contributed by atoms with Gasteiger partial charge in [0.2, 0.25) is 0 Å². The third-order valence-corrected chi connectivity index (χ3v) is 9.56.